The topological polar surface area (TPSA) is 43.1 Å². The van der Waals surface area contributed by atoms with Crippen molar-refractivity contribution >= 4 is 17.3 Å². The zero-order chi connectivity index (χ0) is 12.4. The van der Waals surface area contributed by atoms with Gasteiger partial charge in [-0.2, -0.15) is 0 Å². The van der Waals surface area contributed by atoms with E-state index in [0.717, 1.165) is 0 Å². The second kappa shape index (κ2) is 4.51. The van der Waals surface area contributed by atoms with Gasteiger partial charge in [0.1, 0.15) is 5.82 Å². The molecular formula is C12H7ClFNO2. The van der Waals surface area contributed by atoms with Crippen molar-refractivity contribution in [3.63, 3.8) is 0 Å². The lowest BCUT2D eigenvalue weighted by Gasteiger charge is -2.06. The molecule has 2 rings (SSSR count). The highest BCUT2D eigenvalue weighted by atomic mass is 35.5. The van der Waals surface area contributed by atoms with Gasteiger partial charge in [0.25, 0.3) is 5.69 Å². The van der Waals surface area contributed by atoms with Crippen molar-refractivity contribution < 1.29 is 9.31 Å². The molecule has 0 heterocycles. The van der Waals surface area contributed by atoms with Crippen LogP contribution in [0, 0.1) is 15.9 Å². The summed E-state index contributed by atoms with van der Waals surface area (Å²) in [6.45, 7) is 0. The normalized spacial score (nSPS) is 10.2. The lowest BCUT2D eigenvalue weighted by Crippen LogP contribution is -1.94. The summed E-state index contributed by atoms with van der Waals surface area (Å²) < 4.78 is 13.6. The Labute approximate surface area is 102 Å². The second-order valence-electron chi connectivity index (χ2n) is 3.37. The van der Waals surface area contributed by atoms with E-state index in [0.29, 0.717) is 0 Å². The van der Waals surface area contributed by atoms with Crippen LogP contribution in [-0.4, -0.2) is 4.92 Å². The Hall–Kier alpha value is -1.94. The number of rotatable bonds is 2. The highest BCUT2D eigenvalue weighted by Crippen LogP contribution is 2.37. The molecule has 0 saturated heterocycles. The van der Waals surface area contributed by atoms with Crippen molar-refractivity contribution in [1.82, 2.24) is 0 Å². The van der Waals surface area contributed by atoms with Gasteiger partial charge in [-0.3, -0.25) is 10.1 Å². The molecule has 2 aromatic carbocycles. The van der Waals surface area contributed by atoms with E-state index in [2.05, 4.69) is 0 Å². The van der Waals surface area contributed by atoms with Gasteiger partial charge in [0.15, 0.2) is 0 Å². The number of hydrogen-bond donors (Lipinski definition) is 0. The molecule has 0 N–H and O–H groups in total. The van der Waals surface area contributed by atoms with Crippen molar-refractivity contribution in [3.05, 3.63) is 63.4 Å². The van der Waals surface area contributed by atoms with Crippen molar-refractivity contribution in [2.75, 3.05) is 0 Å². The molecule has 0 saturated carbocycles. The predicted octanol–water partition coefficient (Wildman–Crippen LogP) is 4.05. The van der Waals surface area contributed by atoms with Gasteiger partial charge in [0, 0.05) is 11.6 Å². The fourth-order valence-corrected chi connectivity index (χ4v) is 1.87. The van der Waals surface area contributed by atoms with E-state index >= 15 is 0 Å². The maximum Gasteiger partial charge on any atom is 0.278 e. The van der Waals surface area contributed by atoms with E-state index in [1.807, 2.05) is 0 Å². The van der Waals surface area contributed by atoms with Crippen LogP contribution in [0.3, 0.4) is 0 Å². The maximum atomic E-state index is 13.6. The highest BCUT2D eigenvalue weighted by Gasteiger charge is 2.20. The Bertz CT molecular complexity index is 586. The molecular weight excluding hydrogens is 245 g/mol. The first kappa shape index (κ1) is 11.5. The van der Waals surface area contributed by atoms with E-state index in [4.69, 9.17) is 11.6 Å². The van der Waals surface area contributed by atoms with Crippen molar-refractivity contribution in [3.8, 4) is 11.1 Å². The molecule has 86 valence electrons. The molecule has 0 radical (unpaired) electrons. The molecule has 2 aromatic rings. The minimum Gasteiger partial charge on any atom is -0.258 e. The summed E-state index contributed by atoms with van der Waals surface area (Å²) in [5, 5.41) is 11.0. The average molecular weight is 252 g/mol. The first-order valence-corrected chi connectivity index (χ1v) is 5.17. The van der Waals surface area contributed by atoms with Crippen LogP contribution in [0.1, 0.15) is 0 Å². The molecule has 0 aliphatic carbocycles. The van der Waals surface area contributed by atoms with E-state index in [9.17, 15) is 14.5 Å². The third-order valence-electron chi connectivity index (χ3n) is 2.33. The molecule has 0 unspecified atom stereocenters. The molecule has 0 amide bonds. The van der Waals surface area contributed by atoms with Gasteiger partial charge in [0.05, 0.1) is 15.5 Å². The molecule has 3 nitrogen and oxygen atoms in total. The summed E-state index contributed by atoms with van der Waals surface area (Å²) >= 11 is 5.91. The van der Waals surface area contributed by atoms with Gasteiger partial charge in [-0.25, -0.2) is 4.39 Å². The molecule has 0 fully saturated rings. The minimum atomic E-state index is -0.576. The van der Waals surface area contributed by atoms with Crippen LogP contribution in [0.4, 0.5) is 10.1 Å². The fourth-order valence-electron chi connectivity index (χ4n) is 1.60. The second-order valence-corrected chi connectivity index (χ2v) is 3.78. The zero-order valence-corrected chi connectivity index (χ0v) is 9.32. The summed E-state index contributed by atoms with van der Waals surface area (Å²) in [5.41, 5.74) is 0.0321. The largest absolute Gasteiger partial charge is 0.278 e. The summed E-state index contributed by atoms with van der Waals surface area (Å²) in [6, 6.07) is 10.1. The monoisotopic (exact) mass is 251 g/mol. The van der Waals surface area contributed by atoms with Crippen LogP contribution < -0.4 is 0 Å². The van der Waals surface area contributed by atoms with Crippen LogP contribution in [0.15, 0.2) is 42.5 Å². The summed E-state index contributed by atoms with van der Waals surface area (Å²) in [4.78, 5) is 10.3. The lowest BCUT2D eigenvalue weighted by atomic mass is 10.0. The smallest absolute Gasteiger partial charge is 0.258 e. The SMILES string of the molecule is O=[N+]([O-])c1cccc(Cl)c1-c1ccccc1F. The zero-order valence-electron chi connectivity index (χ0n) is 8.56. The summed E-state index contributed by atoms with van der Waals surface area (Å²) in [6.07, 6.45) is 0. The van der Waals surface area contributed by atoms with Crippen LogP contribution in [0.25, 0.3) is 11.1 Å². The first-order chi connectivity index (χ1) is 8.11. The predicted molar refractivity (Wildman–Crippen MR) is 63.5 cm³/mol. The Morgan fingerprint density at radius 1 is 1.12 bits per heavy atom. The number of hydrogen-bond acceptors (Lipinski definition) is 2. The molecule has 0 aromatic heterocycles. The molecule has 0 bridgehead atoms. The van der Waals surface area contributed by atoms with Crippen LogP contribution >= 0.6 is 11.6 Å². The average Bonchev–Trinajstić information content (AvgIpc) is 2.30. The third-order valence-corrected chi connectivity index (χ3v) is 2.65. The Kier molecular flexibility index (Phi) is 3.06. The van der Waals surface area contributed by atoms with Gasteiger partial charge >= 0.3 is 0 Å². The molecule has 0 aliphatic heterocycles. The van der Waals surface area contributed by atoms with E-state index in [1.165, 1.54) is 36.4 Å². The number of nitrogens with zero attached hydrogens (tertiary/aromatic N) is 1. The van der Waals surface area contributed by atoms with E-state index < -0.39 is 10.7 Å². The van der Waals surface area contributed by atoms with Gasteiger partial charge in [-0.1, -0.05) is 35.9 Å². The number of nitro benzene ring substituents is 1. The quantitative estimate of drug-likeness (QED) is 0.597. The van der Waals surface area contributed by atoms with E-state index in [-0.39, 0.29) is 21.8 Å². The standard InChI is InChI=1S/C12H7ClFNO2/c13-9-5-3-7-11(15(16)17)12(9)8-4-1-2-6-10(8)14/h1-7H. The highest BCUT2D eigenvalue weighted by molar-refractivity contribution is 6.33. The van der Waals surface area contributed by atoms with Crippen LogP contribution in [0.2, 0.25) is 5.02 Å². The number of halogens is 2. The summed E-state index contributed by atoms with van der Waals surface area (Å²) in [5.74, 6) is -0.538. The van der Waals surface area contributed by atoms with Crippen LogP contribution in [0.5, 0.6) is 0 Å². The Balaban J connectivity index is 2.75. The minimum absolute atomic E-state index is 0.109. The molecule has 5 heteroatoms. The fraction of sp³-hybridized carbons (Fsp3) is 0. The van der Waals surface area contributed by atoms with Crippen molar-refractivity contribution in [2.24, 2.45) is 0 Å². The maximum absolute atomic E-state index is 13.6. The third kappa shape index (κ3) is 2.12. The van der Waals surface area contributed by atoms with Crippen molar-refractivity contribution in [2.45, 2.75) is 0 Å². The van der Waals surface area contributed by atoms with Gasteiger partial charge in [0.2, 0.25) is 0 Å². The molecule has 17 heavy (non-hydrogen) atoms. The van der Waals surface area contributed by atoms with Gasteiger partial charge in [-0.15, -0.1) is 0 Å². The lowest BCUT2D eigenvalue weighted by molar-refractivity contribution is -0.384. The first-order valence-electron chi connectivity index (χ1n) is 4.79. The van der Waals surface area contributed by atoms with Gasteiger partial charge < -0.3 is 0 Å². The molecule has 0 aliphatic rings. The van der Waals surface area contributed by atoms with Crippen molar-refractivity contribution in [1.29, 1.82) is 0 Å². The molecule has 0 atom stereocenters. The summed E-state index contributed by atoms with van der Waals surface area (Å²) in [7, 11) is 0. The Morgan fingerprint density at radius 2 is 1.82 bits per heavy atom. The van der Waals surface area contributed by atoms with Gasteiger partial charge in [-0.05, 0) is 12.1 Å². The Morgan fingerprint density at radius 3 is 2.47 bits per heavy atom. The number of benzene rings is 2. The van der Waals surface area contributed by atoms with Crippen LogP contribution in [-0.2, 0) is 0 Å². The van der Waals surface area contributed by atoms with E-state index in [1.54, 1.807) is 6.07 Å². The molecule has 0 spiro atoms. The number of nitro groups is 1.